The third-order valence-corrected chi connectivity index (χ3v) is 6.40. The molecule has 4 nitrogen and oxygen atoms in total. The molecule has 0 aliphatic carbocycles. The van der Waals surface area contributed by atoms with Gasteiger partial charge in [-0.05, 0) is 29.9 Å². The third kappa shape index (κ3) is 3.21. The first kappa shape index (κ1) is 17.4. The van der Waals surface area contributed by atoms with Crippen molar-refractivity contribution in [1.29, 1.82) is 0 Å². The summed E-state index contributed by atoms with van der Waals surface area (Å²) in [4.78, 5) is 16.9. The fourth-order valence-electron chi connectivity index (χ4n) is 3.99. The minimum Gasteiger partial charge on any atom is -0.496 e. The first-order chi connectivity index (χ1) is 12.8. The van der Waals surface area contributed by atoms with Crippen molar-refractivity contribution in [2.24, 2.45) is 0 Å². The molecule has 5 heteroatoms. The van der Waals surface area contributed by atoms with Crippen molar-refractivity contribution in [3.8, 4) is 5.75 Å². The van der Waals surface area contributed by atoms with Gasteiger partial charge < -0.3 is 15.0 Å². The van der Waals surface area contributed by atoms with Crippen molar-refractivity contribution in [2.75, 3.05) is 32.5 Å². The molecule has 1 fully saturated rings. The Morgan fingerprint density at radius 2 is 1.92 bits per heavy atom. The number of hydrogen-bond donors (Lipinski definition) is 1. The maximum Gasteiger partial charge on any atom is 0.230 e. The van der Waals surface area contributed by atoms with E-state index in [2.05, 4.69) is 34.5 Å². The highest BCUT2D eigenvalue weighted by Gasteiger charge is 2.36. The van der Waals surface area contributed by atoms with Gasteiger partial charge in [0.25, 0.3) is 0 Å². The van der Waals surface area contributed by atoms with Gasteiger partial charge in [-0.1, -0.05) is 36.4 Å². The van der Waals surface area contributed by atoms with Gasteiger partial charge in [0.15, 0.2) is 0 Å². The molecule has 4 rings (SSSR count). The van der Waals surface area contributed by atoms with Crippen LogP contribution in [0.1, 0.15) is 29.5 Å². The molecule has 0 bridgehead atoms. The zero-order valence-electron chi connectivity index (χ0n) is 15.0. The number of amides is 1. The lowest BCUT2D eigenvalue weighted by atomic mass is 9.92. The zero-order chi connectivity index (χ0) is 17.9. The van der Waals surface area contributed by atoms with Crippen LogP contribution in [-0.4, -0.2) is 43.3 Å². The second kappa shape index (κ2) is 7.72. The van der Waals surface area contributed by atoms with Crippen LogP contribution in [0.5, 0.6) is 5.75 Å². The Kier molecular flexibility index (Phi) is 5.18. The summed E-state index contributed by atoms with van der Waals surface area (Å²) in [7, 11) is 1.69. The van der Waals surface area contributed by atoms with Crippen LogP contribution >= 0.6 is 11.8 Å². The number of ether oxygens (including phenoxy) is 1. The number of benzene rings is 2. The van der Waals surface area contributed by atoms with E-state index in [0.717, 1.165) is 43.1 Å². The second-order valence-corrected chi connectivity index (χ2v) is 7.86. The number of piperazine rings is 1. The Morgan fingerprint density at radius 1 is 1.15 bits per heavy atom. The number of nitrogens with zero attached hydrogens (tertiary/aromatic N) is 1. The number of hydrogen-bond acceptors (Lipinski definition) is 4. The fraction of sp³-hybridized carbons (Fsp3) is 0.381. The highest BCUT2D eigenvalue weighted by molar-refractivity contribution is 7.99. The number of nitrogens with one attached hydrogen (secondary N) is 1. The van der Waals surface area contributed by atoms with Crippen LogP contribution in [-0.2, 0) is 4.79 Å². The first-order valence-electron chi connectivity index (χ1n) is 9.15. The summed E-state index contributed by atoms with van der Waals surface area (Å²) in [6, 6.07) is 16.4. The zero-order valence-corrected chi connectivity index (χ0v) is 15.8. The Bertz CT molecular complexity index is 795. The van der Waals surface area contributed by atoms with Gasteiger partial charge in [-0.25, -0.2) is 0 Å². The second-order valence-electron chi connectivity index (χ2n) is 6.72. The number of carbonyl (C=O) groups excluding carboxylic acids is 1. The predicted octanol–water partition coefficient (Wildman–Crippen LogP) is 3.45. The fourth-order valence-corrected chi connectivity index (χ4v) is 5.11. The van der Waals surface area contributed by atoms with Crippen molar-refractivity contribution in [2.45, 2.75) is 23.3 Å². The summed E-state index contributed by atoms with van der Waals surface area (Å²) in [6.45, 7) is 2.32. The lowest BCUT2D eigenvalue weighted by Gasteiger charge is -2.40. The van der Waals surface area contributed by atoms with Crippen LogP contribution in [0.3, 0.4) is 0 Å². The first-order valence-corrected chi connectivity index (χ1v) is 10.1. The molecule has 136 valence electrons. The van der Waals surface area contributed by atoms with Crippen LogP contribution in [0.15, 0.2) is 53.4 Å². The molecule has 1 amide bonds. The van der Waals surface area contributed by atoms with Gasteiger partial charge in [0.1, 0.15) is 5.75 Å². The summed E-state index contributed by atoms with van der Waals surface area (Å²) in [6.07, 6.45) is 0.906. The molecule has 2 unspecified atom stereocenters. The summed E-state index contributed by atoms with van der Waals surface area (Å²) in [5, 5.41) is 3.44. The van der Waals surface area contributed by atoms with E-state index in [9.17, 15) is 4.79 Å². The van der Waals surface area contributed by atoms with Gasteiger partial charge >= 0.3 is 0 Å². The van der Waals surface area contributed by atoms with Crippen molar-refractivity contribution in [1.82, 2.24) is 10.2 Å². The summed E-state index contributed by atoms with van der Waals surface area (Å²) < 4.78 is 5.56. The summed E-state index contributed by atoms with van der Waals surface area (Å²) >= 11 is 1.86. The van der Waals surface area contributed by atoms with Gasteiger partial charge in [-0.2, -0.15) is 0 Å². The summed E-state index contributed by atoms with van der Waals surface area (Å²) in [5.41, 5.74) is 2.26. The topological polar surface area (TPSA) is 41.6 Å². The van der Waals surface area contributed by atoms with Gasteiger partial charge in [-0.3, -0.25) is 4.79 Å². The Hall–Kier alpha value is -1.98. The van der Waals surface area contributed by atoms with Crippen LogP contribution in [0.2, 0.25) is 0 Å². The minimum atomic E-state index is -0.0391. The number of para-hydroxylation sites is 1. The number of rotatable bonds is 3. The van der Waals surface area contributed by atoms with Crippen molar-refractivity contribution in [3.63, 3.8) is 0 Å². The van der Waals surface area contributed by atoms with E-state index < -0.39 is 0 Å². The van der Waals surface area contributed by atoms with E-state index in [1.165, 1.54) is 10.5 Å². The van der Waals surface area contributed by atoms with Crippen LogP contribution in [0.25, 0.3) is 0 Å². The predicted molar refractivity (Wildman–Crippen MR) is 105 cm³/mol. The van der Waals surface area contributed by atoms with Crippen molar-refractivity contribution < 1.29 is 9.53 Å². The standard InChI is InChI=1S/C21H24N2O2S/c1-25-19-8-4-2-7-17(19)18-14-22-11-12-23(18)21(24)16-10-13-26-20-9-5-3-6-15(16)20/h2-9,16,18,22H,10-14H2,1H3. The average Bonchev–Trinajstić information content (AvgIpc) is 2.73. The normalized spacial score (nSPS) is 22.6. The molecule has 2 aromatic rings. The molecule has 0 aromatic heterocycles. The monoisotopic (exact) mass is 368 g/mol. The highest BCUT2D eigenvalue weighted by Crippen LogP contribution is 2.40. The van der Waals surface area contributed by atoms with E-state index in [1.54, 1.807) is 7.11 Å². The Morgan fingerprint density at radius 3 is 2.77 bits per heavy atom. The van der Waals surface area contributed by atoms with Crippen molar-refractivity contribution >= 4 is 17.7 Å². The van der Waals surface area contributed by atoms with E-state index in [0.29, 0.717) is 0 Å². The number of carbonyl (C=O) groups is 1. The van der Waals surface area contributed by atoms with E-state index in [-0.39, 0.29) is 17.9 Å². The minimum absolute atomic E-state index is 0.00846. The van der Waals surface area contributed by atoms with Crippen LogP contribution in [0.4, 0.5) is 0 Å². The smallest absolute Gasteiger partial charge is 0.230 e. The Balaban J connectivity index is 1.66. The van der Waals surface area contributed by atoms with E-state index >= 15 is 0 Å². The van der Waals surface area contributed by atoms with Gasteiger partial charge in [-0.15, -0.1) is 11.8 Å². The van der Waals surface area contributed by atoms with Crippen LogP contribution in [0, 0.1) is 0 Å². The molecular formula is C21H24N2O2S. The molecule has 2 aliphatic rings. The average molecular weight is 369 g/mol. The van der Waals surface area contributed by atoms with Gasteiger partial charge in [0, 0.05) is 30.1 Å². The molecule has 2 aromatic carbocycles. The van der Waals surface area contributed by atoms with Gasteiger partial charge in [0.2, 0.25) is 5.91 Å². The Labute approximate surface area is 158 Å². The van der Waals surface area contributed by atoms with Crippen molar-refractivity contribution in [3.05, 3.63) is 59.7 Å². The maximum atomic E-state index is 13.5. The van der Waals surface area contributed by atoms with Gasteiger partial charge in [0.05, 0.1) is 19.1 Å². The van der Waals surface area contributed by atoms with E-state index in [4.69, 9.17) is 4.74 Å². The molecule has 2 heterocycles. The van der Waals surface area contributed by atoms with E-state index in [1.807, 2.05) is 36.0 Å². The number of methoxy groups -OCH3 is 1. The molecule has 2 aliphatic heterocycles. The molecule has 0 spiro atoms. The molecule has 1 N–H and O–H groups in total. The lowest BCUT2D eigenvalue weighted by molar-refractivity contribution is -0.136. The molecule has 1 saturated heterocycles. The number of thioether (sulfide) groups is 1. The van der Waals surface area contributed by atoms with Crippen LogP contribution < -0.4 is 10.1 Å². The highest BCUT2D eigenvalue weighted by atomic mass is 32.2. The third-order valence-electron chi connectivity index (χ3n) is 5.28. The molecule has 0 saturated carbocycles. The lowest BCUT2D eigenvalue weighted by Crippen LogP contribution is -2.50. The quantitative estimate of drug-likeness (QED) is 0.901. The largest absolute Gasteiger partial charge is 0.496 e. The maximum absolute atomic E-state index is 13.5. The molecule has 26 heavy (non-hydrogen) atoms. The summed E-state index contributed by atoms with van der Waals surface area (Å²) in [5.74, 6) is 2.05. The molecule has 2 atom stereocenters. The molecular weight excluding hydrogens is 344 g/mol. The molecule has 0 radical (unpaired) electrons. The SMILES string of the molecule is COc1ccccc1C1CNCCN1C(=O)C1CCSc2ccccc21. The number of fused-ring (bicyclic) bond motifs is 1.